The van der Waals surface area contributed by atoms with Gasteiger partial charge in [-0.05, 0) is 28.1 Å². The fourth-order valence-corrected chi connectivity index (χ4v) is 3.78. The van der Waals surface area contributed by atoms with E-state index >= 15 is 0 Å². The molecule has 2 heterocycles. The number of benzene rings is 2. The highest BCUT2D eigenvalue weighted by atomic mass is 32.1. The highest BCUT2D eigenvalue weighted by Crippen LogP contribution is 2.48. The molecule has 1 fully saturated rings. The lowest BCUT2D eigenvalue weighted by atomic mass is 9.91. The van der Waals surface area contributed by atoms with Crippen molar-refractivity contribution in [1.29, 1.82) is 0 Å². The van der Waals surface area contributed by atoms with E-state index in [4.69, 9.17) is 9.47 Å². The fourth-order valence-electron chi connectivity index (χ4n) is 3.02. The summed E-state index contributed by atoms with van der Waals surface area (Å²) in [6, 6.07) is 20.5. The second-order valence-corrected chi connectivity index (χ2v) is 6.56. The van der Waals surface area contributed by atoms with Crippen molar-refractivity contribution in [2.45, 2.75) is 12.2 Å². The van der Waals surface area contributed by atoms with E-state index in [1.165, 1.54) is 12.0 Å². The molecular weight excluding hydrogens is 320 g/mol. The maximum atomic E-state index is 11.9. The van der Waals surface area contributed by atoms with E-state index in [0.29, 0.717) is 0 Å². The number of esters is 1. The van der Waals surface area contributed by atoms with E-state index < -0.39 is 6.10 Å². The molecule has 0 aliphatic carbocycles. The molecular formula is C20H16O3S. The number of hydrogen-bond donors (Lipinski definition) is 0. The summed E-state index contributed by atoms with van der Waals surface area (Å²) in [7, 11) is 1.39. The molecule has 1 saturated heterocycles. The normalized spacial score (nSPS) is 19.0. The molecule has 3 aromatic rings. The molecule has 0 spiro atoms. The predicted octanol–water partition coefficient (Wildman–Crippen LogP) is 4.70. The first-order valence-corrected chi connectivity index (χ1v) is 8.63. The second-order valence-electron chi connectivity index (χ2n) is 5.61. The van der Waals surface area contributed by atoms with E-state index in [1.54, 1.807) is 11.3 Å². The van der Waals surface area contributed by atoms with Gasteiger partial charge in [-0.15, -0.1) is 11.3 Å². The highest BCUT2D eigenvalue weighted by Gasteiger charge is 2.49. The Balaban J connectivity index is 1.86. The first-order chi connectivity index (χ1) is 11.8. The Labute approximate surface area is 144 Å². The Hall–Kier alpha value is -2.43. The number of rotatable bonds is 4. The summed E-state index contributed by atoms with van der Waals surface area (Å²) < 4.78 is 10.5. The number of hydrogen-bond acceptors (Lipinski definition) is 4. The number of thiophene rings is 1. The molecule has 0 amide bonds. The van der Waals surface area contributed by atoms with Crippen LogP contribution < -0.4 is 0 Å². The molecule has 3 nitrogen and oxygen atoms in total. The van der Waals surface area contributed by atoms with Gasteiger partial charge in [0.2, 0.25) is 0 Å². The van der Waals surface area contributed by atoms with Gasteiger partial charge in [-0.25, -0.2) is 4.79 Å². The predicted molar refractivity (Wildman–Crippen MR) is 94.8 cm³/mol. The smallest absolute Gasteiger partial charge is 0.338 e. The van der Waals surface area contributed by atoms with Crippen molar-refractivity contribution in [3.05, 3.63) is 71.6 Å². The zero-order valence-electron chi connectivity index (χ0n) is 13.1. The summed E-state index contributed by atoms with van der Waals surface area (Å²) in [5.41, 5.74) is 4.38. The van der Waals surface area contributed by atoms with E-state index in [0.717, 1.165) is 22.3 Å². The first-order valence-electron chi connectivity index (χ1n) is 7.75. The van der Waals surface area contributed by atoms with Crippen LogP contribution in [0.4, 0.5) is 0 Å². The minimum atomic E-state index is -0.515. The van der Waals surface area contributed by atoms with Gasteiger partial charge < -0.3 is 9.47 Å². The fraction of sp³-hybridized carbons (Fsp3) is 0.150. The Morgan fingerprint density at radius 1 is 1.00 bits per heavy atom. The summed E-state index contributed by atoms with van der Waals surface area (Å²) in [6.45, 7) is 0. The van der Waals surface area contributed by atoms with Crippen LogP contribution in [0.1, 0.15) is 11.7 Å². The van der Waals surface area contributed by atoms with Gasteiger partial charge in [0.25, 0.3) is 0 Å². The topological polar surface area (TPSA) is 38.8 Å². The average molecular weight is 336 g/mol. The Kier molecular flexibility index (Phi) is 3.92. The maximum Gasteiger partial charge on any atom is 0.338 e. The maximum absolute atomic E-state index is 11.9. The quantitative estimate of drug-likeness (QED) is 0.512. The van der Waals surface area contributed by atoms with Crippen LogP contribution in [0.15, 0.2) is 66.0 Å². The van der Waals surface area contributed by atoms with Gasteiger partial charge in [-0.3, -0.25) is 0 Å². The van der Waals surface area contributed by atoms with Crippen molar-refractivity contribution in [2.75, 3.05) is 7.11 Å². The number of epoxide rings is 1. The van der Waals surface area contributed by atoms with Crippen LogP contribution in [-0.2, 0) is 14.3 Å². The molecule has 1 aliphatic rings. The zero-order valence-corrected chi connectivity index (χ0v) is 14.0. The number of ether oxygens (including phenoxy) is 2. The molecule has 24 heavy (non-hydrogen) atoms. The lowest BCUT2D eigenvalue weighted by molar-refractivity contribution is -0.142. The Morgan fingerprint density at radius 3 is 2.50 bits per heavy atom. The van der Waals surface area contributed by atoms with E-state index in [2.05, 4.69) is 41.8 Å². The third-order valence-electron chi connectivity index (χ3n) is 4.19. The lowest BCUT2D eigenvalue weighted by Crippen LogP contribution is -2.09. The van der Waals surface area contributed by atoms with Crippen LogP contribution in [0.5, 0.6) is 0 Å². The van der Waals surface area contributed by atoms with Gasteiger partial charge in [-0.2, -0.15) is 0 Å². The first kappa shape index (κ1) is 15.1. The molecule has 0 radical (unpaired) electrons. The molecule has 2 unspecified atom stereocenters. The van der Waals surface area contributed by atoms with Crippen molar-refractivity contribution in [3.8, 4) is 21.6 Å². The molecule has 1 aliphatic heterocycles. The summed E-state index contributed by atoms with van der Waals surface area (Å²) >= 11 is 1.68. The average Bonchev–Trinajstić information content (AvgIpc) is 3.24. The monoisotopic (exact) mass is 336 g/mol. The van der Waals surface area contributed by atoms with Crippen molar-refractivity contribution in [2.24, 2.45) is 0 Å². The third-order valence-corrected chi connectivity index (χ3v) is 5.09. The van der Waals surface area contributed by atoms with Gasteiger partial charge in [0.05, 0.1) is 7.11 Å². The lowest BCUT2D eigenvalue weighted by Gasteiger charge is -2.13. The van der Waals surface area contributed by atoms with Crippen LogP contribution >= 0.6 is 11.3 Å². The molecule has 2 atom stereocenters. The van der Waals surface area contributed by atoms with Gasteiger partial charge >= 0.3 is 5.97 Å². The summed E-state index contributed by atoms with van der Waals surface area (Å²) in [5.74, 6) is -0.319. The SMILES string of the molecule is COC(=O)C1OC1c1c(-c2ccccc2)cccc1-c1cccs1. The van der Waals surface area contributed by atoms with Crippen LogP contribution in [0.3, 0.4) is 0 Å². The minimum absolute atomic E-state index is 0.258. The van der Waals surface area contributed by atoms with E-state index in [9.17, 15) is 4.79 Å². The van der Waals surface area contributed by atoms with Gasteiger partial charge in [0.1, 0.15) is 6.10 Å². The highest BCUT2D eigenvalue weighted by molar-refractivity contribution is 7.13. The molecule has 4 heteroatoms. The summed E-state index contributed by atoms with van der Waals surface area (Å²) in [4.78, 5) is 13.0. The van der Waals surface area contributed by atoms with Crippen molar-refractivity contribution in [3.63, 3.8) is 0 Å². The molecule has 0 bridgehead atoms. The van der Waals surface area contributed by atoms with Gasteiger partial charge in [0.15, 0.2) is 6.10 Å². The number of methoxy groups -OCH3 is 1. The molecule has 0 saturated carbocycles. The standard InChI is InChI=1S/C20H16O3S/c1-22-20(21)19-18(23-19)17-14(13-7-3-2-4-8-13)9-5-10-15(17)16-11-6-12-24-16/h2-12,18-19H,1H3. The van der Waals surface area contributed by atoms with Crippen LogP contribution in [0.25, 0.3) is 21.6 Å². The van der Waals surface area contributed by atoms with Crippen molar-refractivity contribution in [1.82, 2.24) is 0 Å². The zero-order chi connectivity index (χ0) is 16.5. The van der Waals surface area contributed by atoms with Crippen LogP contribution in [0, 0.1) is 0 Å². The van der Waals surface area contributed by atoms with E-state index in [-0.39, 0.29) is 12.1 Å². The Morgan fingerprint density at radius 2 is 1.79 bits per heavy atom. The molecule has 2 aromatic carbocycles. The minimum Gasteiger partial charge on any atom is -0.467 e. The van der Waals surface area contributed by atoms with Crippen LogP contribution in [-0.4, -0.2) is 19.2 Å². The van der Waals surface area contributed by atoms with Crippen molar-refractivity contribution < 1.29 is 14.3 Å². The molecule has 0 N–H and O–H groups in total. The summed E-state index contributed by atoms with van der Waals surface area (Å²) in [6.07, 6.45) is -0.774. The van der Waals surface area contributed by atoms with Gasteiger partial charge in [0, 0.05) is 10.4 Å². The van der Waals surface area contributed by atoms with Crippen LogP contribution in [0.2, 0.25) is 0 Å². The summed E-state index contributed by atoms with van der Waals surface area (Å²) in [5, 5.41) is 2.06. The Bertz CT molecular complexity index is 856. The second kappa shape index (κ2) is 6.23. The van der Waals surface area contributed by atoms with E-state index in [1.807, 2.05) is 24.3 Å². The number of carbonyl (C=O) groups excluding carboxylic acids is 1. The third kappa shape index (κ3) is 2.64. The number of carbonyl (C=O) groups is 1. The largest absolute Gasteiger partial charge is 0.467 e. The molecule has 1 aromatic heterocycles. The van der Waals surface area contributed by atoms with Gasteiger partial charge in [-0.1, -0.05) is 54.6 Å². The molecule has 4 rings (SSSR count). The van der Waals surface area contributed by atoms with Crippen molar-refractivity contribution >= 4 is 17.3 Å². The molecule has 120 valence electrons.